The summed E-state index contributed by atoms with van der Waals surface area (Å²) < 4.78 is 8.90. The standard InChI is InChI=1S/C28H28N8O3/c1-28(2,31)14-18(15-29)26(37)34-13-12-20(16-34)36-25-23(24(30)32-17-33-25)35(27(36)38)19-8-10-22(11-9-19)39-21-6-4-3-5-7-21/h3-11,14,17,20H,12-13,16,31H2,1-2H3,(H2,30,32,33)/b18-14-/t20-/m0/s1. The molecule has 1 aliphatic rings. The van der Waals surface area contributed by atoms with E-state index in [0.29, 0.717) is 41.3 Å². The fourth-order valence-electron chi connectivity index (χ4n) is 4.75. The summed E-state index contributed by atoms with van der Waals surface area (Å²) in [5.74, 6) is 1.05. The Kier molecular flexibility index (Phi) is 6.64. The average molecular weight is 525 g/mol. The lowest BCUT2D eigenvalue weighted by molar-refractivity contribution is -0.125. The molecule has 0 aliphatic carbocycles. The molecule has 5 rings (SSSR count). The fourth-order valence-corrected chi connectivity index (χ4v) is 4.75. The van der Waals surface area contributed by atoms with E-state index in [4.69, 9.17) is 16.2 Å². The number of hydrogen-bond donors (Lipinski definition) is 2. The van der Waals surface area contributed by atoms with Crippen LogP contribution in [0.1, 0.15) is 26.3 Å². The molecule has 1 atom stereocenters. The van der Waals surface area contributed by atoms with Crippen LogP contribution in [0.4, 0.5) is 5.82 Å². The molecule has 3 heterocycles. The Balaban J connectivity index is 1.49. The van der Waals surface area contributed by atoms with Crippen LogP contribution in [0.2, 0.25) is 0 Å². The summed E-state index contributed by atoms with van der Waals surface area (Å²) in [6.07, 6.45) is 3.27. The molecule has 4 N–H and O–H groups in total. The maximum Gasteiger partial charge on any atom is 0.335 e. The Morgan fingerprint density at radius 1 is 1.13 bits per heavy atom. The number of ether oxygens (including phenoxy) is 1. The van der Waals surface area contributed by atoms with Gasteiger partial charge in [-0.15, -0.1) is 0 Å². The first kappa shape index (κ1) is 25.7. The van der Waals surface area contributed by atoms with Crippen molar-refractivity contribution in [2.75, 3.05) is 18.8 Å². The molecule has 1 aliphatic heterocycles. The van der Waals surface area contributed by atoms with Crippen LogP contribution in [-0.2, 0) is 4.79 Å². The highest BCUT2D eigenvalue weighted by Crippen LogP contribution is 2.29. The van der Waals surface area contributed by atoms with Gasteiger partial charge < -0.3 is 21.1 Å². The van der Waals surface area contributed by atoms with E-state index in [2.05, 4.69) is 9.97 Å². The zero-order valence-electron chi connectivity index (χ0n) is 21.6. The van der Waals surface area contributed by atoms with Crippen LogP contribution in [-0.4, -0.2) is 48.5 Å². The Bertz CT molecular complexity index is 1660. The van der Waals surface area contributed by atoms with Crippen molar-refractivity contribution in [1.29, 1.82) is 5.26 Å². The van der Waals surface area contributed by atoms with Crippen molar-refractivity contribution >= 4 is 22.9 Å². The lowest BCUT2D eigenvalue weighted by atomic mass is 10.0. The van der Waals surface area contributed by atoms with Gasteiger partial charge in [-0.2, -0.15) is 5.26 Å². The van der Waals surface area contributed by atoms with Crippen molar-refractivity contribution in [1.82, 2.24) is 24.0 Å². The number of hydrogen-bond acceptors (Lipinski definition) is 8. The molecule has 2 aromatic carbocycles. The number of carbonyl (C=O) groups excluding carboxylic acids is 1. The van der Waals surface area contributed by atoms with Crippen molar-refractivity contribution < 1.29 is 9.53 Å². The van der Waals surface area contributed by atoms with E-state index >= 15 is 0 Å². The van der Waals surface area contributed by atoms with Gasteiger partial charge in [-0.1, -0.05) is 18.2 Å². The number of nitrogen functional groups attached to an aromatic ring is 1. The molecule has 0 radical (unpaired) electrons. The number of fused-ring (bicyclic) bond motifs is 1. The monoisotopic (exact) mass is 524 g/mol. The highest BCUT2D eigenvalue weighted by molar-refractivity contribution is 5.97. The van der Waals surface area contributed by atoms with Crippen molar-refractivity contribution in [3.63, 3.8) is 0 Å². The van der Waals surface area contributed by atoms with Crippen LogP contribution in [0.15, 0.2) is 77.4 Å². The number of anilines is 1. The largest absolute Gasteiger partial charge is 0.457 e. The zero-order valence-corrected chi connectivity index (χ0v) is 21.6. The van der Waals surface area contributed by atoms with Crippen molar-refractivity contribution in [2.45, 2.75) is 31.8 Å². The summed E-state index contributed by atoms with van der Waals surface area (Å²) in [7, 11) is 0. The highest BCUT2D eigenvalue weighted by atomic mass is 16.5. The number of likely N-dealkylation sites (tertiary alicyclic amines) is 1. The predicted octanol–water partition coefficient (Wildman–Crippen LogP) is 2.92. The first-order valence-electron chi connectivity index (χ1n) is 12.4. The normalized spacial score (nSPS) is 15.9. The molecule has 4 aromatic rings. The van der Waals surface area contributed by atoms with Gasteiger partial charge in [-0.3, -0.25) is 13.9 Å². The van der Waals surface area contributed by atoms with Crippen LogP contribution in [0.3, 0.4) is 0 Å². The SMILES string of the molecule is CC(C)(N)/C=C(/C#N)C(=O)N1CC[C@H](n2c(=O)n(-c3ccc(Oc4ccccc4)cc3)c3c(N)ncnc32)C1. The second-order valence-electron chi connectivity index (χ2n) is 10.0. The number of para-hydroxylation sites is 1. The topological polar surface area (TPSA) is 158 Å². The summed E-state index contributed by atoms with van der Waals surface area (Å²) in [6.45, 7) is 4.03. The highest BCUT2D eigenvalue weighted by Gasteiger charge is 2.33. The van der Waals surface area contributed by atoms with E-state index < -0.39 is 11.4 Å². The van der Waals surface area contributed by atoms with Gasteiger partial charge in [0.2, 0.25) is 0 Å². The molecule has 0 unspecified atom stereocenters. The van der Waals surface area contributed by atoms with Crippen molar-refractivity contribution in [3.05, 3.63) is 83.1 Å². The van der Waals surface area contributed by atoms with Gasteiger partial charge in [-0.25, -0.2) is 14.8 Å². The minimum Gasteiger partial charge on any atom is -0.457 e. The van der Waals surface area contributed by atoms with Gasteiger partial charge >= 0.3 is 5.69 Å². The van der Waals surface area contributed by atoms with Gasteiger partial charge in [-0.05, 0) is 62.7 Å². The molecular weight excluding hydrogens is 496 g/mol. The molecule has 11 heteroatoms. The van der Waals surface area contributed by atoms with Crippen LogP contribution in [0, 0.1) is 11.3 Å². The van der Waals surface area contributed by atoms with Crippen LogP contribution >= 0.6 is 0 Å². The third-order valence-electron chi connectivity index (χ3n) is 6.44. The first-order chi connectivity index (χ1) is 18.7. The summed E-state index contributed by atoms with van der Waals surface area (Å²) in [5, 5.41) is 9.53. The maximum absolute atomic E-state index is 13.8. The Morgan fingerprint density at radius 2 is 1.82 bits per heavy atom. The molecule has 0 bridgehead atoms. The summed E-state index contributed by atoms with van der Waals surface area (Å²) >= 11 is 0. The second-order valence-corrected chi connectivity index (χ2v) is 10.0. The van der Waals surface area contributed by atoms with E-state index in [9.17, 15) is 14.9 Å². The smallest absolute Gasteiger partial charge is 0.335 e. The van der Waals surface area contributed by atoms with Gasteiger partial charge in [0.25, 0.3) is 5.91 Å². The number of nitriles is 1. The minimum atomic E-state index is -0.819. The quantitative estimate of drug-likeness (QED) is 0.288. The molecular formula is C28H28N8O3. The third kappa shape index (κ3) is 5.10. The number of nitrogens with two attached hydrogens (primary N) is 2. The molecule has 0 saturated carbocycles. The Hall–Kier alpha value is -4.95. The fraction of sp³-hybridized carbons (Fsp3) is 0.250. The number of carbonyl (C=O) groups is 1. The number of benzene rings is 2. The molecule has 1 fully saturated rings. The predicted molar refractivity (Wildman–Crippen MR) is 146 cm³/mol. The molecule has 11 nitrogen and oxygen atoms in total. The van der Waals surface area contributed by atoms with Crippen LogP contribution in [0.25, 0.3) is 16.9 Å². The number of rotatable bonds is 6. The first-order valence-corrected chi connectivity index (χ1v) is 12.4. The number of amides is 1. The van der Waals surface area contributed by atoms with E-state index in [0.717, 1.165) is 0 Å². The van der Waals surface area contributed by atoms with Gasteiger partial charge in [0, 0.05) is 18.6 Å². The lowest BCUT2D eigenvalue weighted by Gasteiger charge is -2.18. The van der Waals surface area contributed by atoms with Crippen molar-refractivity contribution in [2.24, 2.45) is 5.73 Å². The van der Waals surface area contributed by atoms with Crippen molar-refractivity contribution in [3.8, 4) is 23.3 Å². The molecule has 0 spiro atoms. The van der Waals surface area contributed by atoms with Crippen LogP contribution in [0.5, 0.6) is 11.5 Å². The number of aromatic nitrogens is 4. The third-order valence-corrected chi connectivity index (χ3v) is 6.44. The zero-order chi connectivity index (χ0) is 27.7. The summed E-state index contributed by atoms with van der Waals surface area (Å²) in [4.78, 5) is 36.9. The number of imidazole rings is 1. The minimum absolute atomic E-state index is 0.0256. The molecule has 198 valence electrons. The average Bonchev–Trinajstić information content (AvgIpc) is 3.50. The van der Waals surface area contributed by atoms with Gasteiger partial charge in [0.05, 0.1) is 11.7 Å². The molecule has 39 heavy (non-hydrogen) atoms. The van der Waals surface area contributed by atoms with E-state index in [1.807, 2.05) is 36.4 Å². The van der Waals surface area contributed by atoms with Crippen LogP contribution < -0.4 is 21.9 Å². The summed E-state index contributed by atoms with van der Waals surface area (Å²) in [6, 6.07) is 18.0. The second kappa shape index (κ2) is 10.1. The molecule has 1 amide bonds. The lowest BCUT2D eigenvalue weighted by Crippen LogP contribution is -2.35. The maximum atomic E-state index is 13.8. The molecule has 2 aromatic heterocycles. The van der Waals surface area contributed by atoms with E-state index in [-0.39, 0.29) is 29.7 Å². The van der Waals surface area contributed by atoms with Gasteiger partial charge in [0.15, 0.2) is 11.5 Å². The molecule has 1 saturated heterocycles. The van der Waals surface area contributed by atoms with E-state index in [1.165, 1.54) is 17.0 Å². The van der Waals surface area contributed by atoms with E-state index in [1.54, 1.807) is 47.6 Å². The Morgan fingerprint density at radius 3 is 2.49 bits per heavy atom. The number of nitrogens with zero attached hydrogens (tertiary/aromatic N) is 6. The van der Waals surface area contributed by atoms with Gasteiger partial charge in [0.1, 0.15) is 35.0 Å². The Labute approximate surface area is 224 Å². The summed E-state index contributed by atoms with van der Waals surface area (Å²) in [5.41, 5.74) is 12.3.